The Morgan fingerprint density at radius 2 is 2.04 bits per heavy atom. The Morgan fingerprint density at radius 1 is 1.25 bits per heavy atom. The van der Waals surface area contributed by atoms with Crippen LogP contribution in [0.15, 0.2) is 63.0 Å². The van der Waals surface area contributed by atoms with Gasteiger partial charge in [-0.3, -0.25) is 9.59 Å². The minimum atomic E-state index is -0.430. The van der Waals surface area contributed by atoms with Crippen molar-refractivity contribution in [1.82, 2.24) is 14.2 Å². The van der Waals surface area contributed by atoms with Crippen LogP contribution in [0.25, 0.3) is 21.8 Å². The standard InChI is InChI=1S/C20H16BrN5O2/c1-12-24-17-7-6-14(21)8-16(17)20(28)26(12)23-9-13-10-25(11-19(22)27)18-5-3-2-4-15(13)18/h2-10H,11H2,1H3,(H2,22,27). The summed E-state index contributed by atoms with van der Waals surface area (Å²) in [5, 5.41) is 5.76. The number of amides is 1. The van der Waals surface area contributed by atoms with Gasteiger partial charge in [-0.25, -0.2) is 4.98 Å². The summed E-state index contributed by atoms with van der Waals surface area (Å²) < 4.78 is 3.84. The number of carbonyl (C=O) groups is 1. The van der Waals surface area contributed by atoms with Crippen molar-refractivity contribution < 1.29 is 4.79 Å². The fourth-order valence-corrected chi connectivity index (χ4v) is 3.55. The number of aromatic nitrogens is 3. The number of hydrogen-bond donors (Lipinski definition) is 1. The summed E-state index contributed by atoms with van der Waals surface area (Å²) in [7, 11) is 0. The maximum atomic E-state index is 12.9. The van der Waals surface area contributed by atoms with Crippen LogP contribution >= 0.6 is 15.9 Å². The molecule has 7 nitrogen and oxygen atoms in total. The second-order valence-electron chi connectivity index (χ2n) is 6.38. The van der Waals surface area contributed by atoms with Crippen LogP contribution in [0, 0.1) is 6.92 Å². The van der Waals surface area contributed by atoms with E-state index in [1.165, 1.54) is 4.68 Å². The molecule has 0 radical (unpaired) electrons. The quantitative estimate of drug-likeness (QED) is 0.497. The third-order valence-electron chi connectivity index (χ3n) is 4.43. The van der Waals surface area contributed by atoms with Crippen molar-refractivity contribution in [3.8, 4) is 0 Å². The molecular formula is C20H16BrN5O2. The van der Waals surface area contributed by atoms with Gasteiger partial charge in [0.2, 0.25) is 5.91 Å². The summed E-state index contributed by atoms with van der Waals surface area (Å²) in [5.41, 5.74) is 7.36. The molecular weight excluding hydrogens is 422 g/mol. The number of halogens is 1. The summed E-state index contributed by atoms with van der Waals surface area (Å²) in [4.78, 5) is 28.7. The van der Waals surface area contributed by atoms with Gasteiger partial charge >= 0.3 is 0 Å². The molecule has 140 valence electrons. The zero-order valence-electron chi connectivity index (χ0n) is 15.0. The van der Waals surface area contributed by atoms with Gasteiger partial charge in [0, 0.05) is 27.1 Å². The molecule has 0 aliphatic heterocycles. The third-order valence-corrected chi connectivity index (χ3v) is 4.92. The summed E-state index contributed by atoms with van der Waals surface area (Å²) in [6, 6.07) is 13.0. The number of hydrogen-bond acceptors (Lipinski definition) is 4. The van der Waals surface area contributed by atoms with Crippen LogP contribution in [-0.4, -0.2) is 26.3 Å². The van der Waals surface area contributed by atoms with Crippen molar-refractivity contribution in [1.29, 1.82) is 0 Å². The van der Waals surface area contributed by atoms with E-state index in [0.29, 0.717) is 16.7 Å². The minimum absolute atomic E-state index is 0.0683. The molecule has 4 rings (SSSR count). The van der Waals surface area contributed by atoms with E-state index in [2.05, 4.69) is 26.0 Å². The number of primary amides is 1. The molecule has 0 saturated heterocycles. The second kappa shape index (κ2) is 7.05. The number of nitrogens with two attached hydrogens (primary N) is 1. The zero-order valence-corrected chi connectivity index (χ0v) is 16.5. The third kappa shape index (κ3) is 3.22. The van der Waals surface area contributed by atoms with Crippen LogP contribution in [0.1, 0.15) is 11.4 Å². The van der Waals surface area contributed by atoms with E-state index in [-0.39, 0.29) is 12.1 Å². The molecule has 0 saturated carbocycles. The lowest BCUT2D eigenvalue weighted by Crippen LogP contribution is -2.20. The second-order valence-corrected chi connectivity index (χ2v) is 7.29. The van der Waals surface area contributed by atoms with Crippen molar-refractivity contribution in [3.05, 3.63) is 74.9 Å². The molecule has 1 amide bonds. The maximum absolute atomic E-state index is 12.9. The van der Waals surface area contributed by atoms with Crippen LogP contribution in [0.4, 0.5) is 0 Å². The smallest absolute Gasteiger partial charge is 0.282 e. The highest BCUT2D eigenvalue weighted by atomic mass is 79.9. The van der Waals surface area contributed by atoms with E-state index in [0.717, 1.165) is 20.9 Å². The first-order valence-corrected chi connectivity index (χ1v) is 9.33. The molecule has 4 aromatic rings. The first-order valence-electron chi connectivity index (χ1n) is 8.53. The number of para-hydroxylation sites is 1. The van der Waals surface area contributed by atoms with Gasteiger partial charge in [0.15, 0.2) is 0 Å². The lowest BCUT2D eigenvalue weighted by atomic mass is 10.2. The lowest BCUT2D eigenvalue weighted by molar-refractivity contribution is -0.118. The molecule has 0 aliphatic rings. The minimum Gasteiger partial charge on any atom is -0.368 e. The molecule has 0 atom stereocenters. The van der Waals surface area contributed by atoms with Gasteiger partial charge in [0.05, 0.1) is 17.1 Å². The van der Waals surface area contributed by atoms with Gasteiger partial charge in [-0.15, -0.1) is 0 Å². The zero-order chi connectivity index (χ0) is 19.8. The van der Waals surface area contributed by atoms with Crippen molar-refractivity contribution >= 4 is 49.9 Å². The molecule has 0 aliphatic carbocycles. The fraction of sp³-hybridized carbons (Fsp3) is 0.100. The van der Waals surface area contributed by atoms with E-state index in [1.807, 2.05) is 30.3 Å². The normalized spacial score (nSPS) is 11.6. The topological polar surface area (TPSA) is 95.3 Å². The maximum Gasteiger partial charge on any atom is 0.282 e. The molecule has 0 spiro atoms. The van der Waals surface area contributed by atoms with Crippen molar-refractivity contribution in [2.75, 3.05) is 0 Å². The molecule has 2 heterocycles. The van der Waals surface area contributed by atoms with E-state index < -0.39 is 5.91 Å². The Bertz CT molecular complexity index is 1320. The van der Waals surface area contributed by atoms with Crippen LogP contribution in [0.3, 0.4) is 0 Å². The van der Waals surface area contributed by atoms with E-state index in [9.17, 15) is 9.59 Å². The molecule has 2 aromatic carbocycles. The molecule has 0 unspecified atom stereocenters. The summed E-state index contributed by atoms with van der Waals surface area (Å²) >= 11 is 3.38. The number of fused-ring (bicyclic) bond motifs is 2. The Balaban J connectivity index is 1.84. The van der Waals surface area contributed by atoms with E-state index >= 15 is 0 Å². The molecule has 0 fully saturated rings. The fourth-order valence-electron chi connectivity index (χ4n) is 3.19. The highest BCUT2D eigenvalue weighted by molar-refractivity contribution is 9.10. The van der Waals surface area contributed by atoms with Crippen molar-refractivity contribution in [2.24, 2.45) is 10.8 Å². The number of carbonyl (C=O) groups excluding carboxylic acids is 1. The van der Waals surface area contributed by atoms with Crippen LogP contribution < -0.4 is 11.3 Å². The van der Waals surface area contributed by atoms with Gasteiger partial charge in [0.1, 0.15) is 12.4 Å². The molecule has 2 N–H and O–H groups in total. The average molecular weight is 438 g/mol. The van der Waals surface area contributed by atoms with Gasteiger partial charge in [-0.1, -0.05) is 34.1 Å². The SMILES string of the molecule is Cc1nc2ccc(Br)cc2c(=O)n1N=Cc1cn(CC(N)=O)c2ccccc12. The van der Waals surface area contributed by atoms with Gasteiger partial charge in [0.25, 0.3) is 5.56 Å². The molecule has 2 aromatic heterocycles. The van der Waals surface area contributed by atoms with Gasteiger partial charge in [-0.2, -0.15) is 9.78 Å². The number of aryl methyl sites for hydroxylation is 1. The monoisotopic (exact) mass is 437 g/mol. The van der Waals surface area contributed by atoms with Crippen molar-refractivity contribution in [2.45, 2.75) is 13.5 Å². The van der Waals surface area contributed by atoms with Gasteiger partial charge < -0.3 is 10.3 Å². The van der Waals surface area contributed by atoms with Crippen LogP contribution in [-0.2, 0) is 11.3 Å². The number of rotatable bonds is 4. The Hall–Kier alpha value is -3.26. The largest absolute Gasteiger partial charge is 0.368 e. The Labute approximate surface area is 168 Å². The first kappa shape index (κ1) is 18.1. The lowest BCUT2D eigenvalue weighted by Gasteiger charge is -2.05. The van der Waals surface area contributed by atoms with Crippen LogP contribution in [0.5, 0.6) is 0 Å². The molecule has 0 bridgehead atoms. The highest BCUT2D eigenvalue weighted by Crippen LogP contribution is 2.20. The highest BCUT2D eigenvalue weighted by Gasteiger charge is 2.10. The first-order chi connectivity index (χ1) is 13.4. The number of nitrogens with zero attached hydrogens (tertiary/aromatic N) is 4. The average Bonchev–Trinajstić information content (AvgIpc) is 2.99. The van der Waals surface area contributed by atoms with Gasteiger partial charge in [-0.05, 0) is 31.2 Å². The predicted molar refractivity (Wildman–Crippen MR) is 113 cm³/mol. The van der Waals surface area contributed by atoms with E-state index in [4.69, 9.17) is 5.73 Å². The Morgan fingerprint density at radius 3 is 2.82 bits per heavy atom. The summed E-state index contributed by atoms with van der Waals surface area (Å²) in [6.07, 6.45) is 3.39. The molecule has 8 heteroatoms. The van der Waals surface area contributed by atoms with E-state index in [1.54, 1.807) is 36.0 Å². The summed E-state index contributed by atoms with van der Waals surface area (Å²) in [5.74, 6) is 0.0533. The van der Waals surface area contributed by atoms with Crippen molar-refractivity contribution in [3.63, 3.8) is 0 Å². The Kier molecular flexibility index (Phi) is 4.56. The molecule has 28 heavy (non-hydrogen) atoms. The number of benzene rings is 2. The predicted octanol–water partition coefficient (Wildman–Crippen LogP) is 2.79. The summed E-state index contributed by atoms with van der Waals surface area (Å²) in [6.45, 7) is 1.80. The van der Waals surface area contributed by atoms with Crippen LogP contribution in [0.2, 0.25) is 0 Å².